The normalized spacial score (nSPS) is 17.3. The van der Waals surface area contributed by atoms with Crippen LogP contribution in [0.3, 0.4) is 0 Å². The number of rotatable bonds is 5. The Morgan fingerprint density at radius 2 is 2.00 bits per heavy atom. The van der Waals surface area contributed by atoms with Crippen LogP contribution in [0.25, 0.3) is 5.65 Å². The van der Waals surface area contributed by atoms with Crippen LogP contribution in [0.1, 0.15) is 17.5 Å². The molecule has 1 fully saturated rings. The summed E-state index contributed by atoms with van der Waals surface area (Å²) < 4.78 is 1.61. The van der Waals surface area contributed by atoms with Crippen LogP contribution in [0, 0.1) is 0 Å². The standard InChI is InChI=1S/C19H22N6O2/c26-16-8-10-24(13-16)12-15-6-2-1-5-14(15)11-20-19(27)22-18-21-17-7-3-4-9-25(17)23-18/h1-7,9,16,26H,8,10-13H2,(H2,20,22,23,27). The molecule has 2 aromatic heterocycles. The van der Waals surface area contributed by atoms with Gasteiger partial charge in [0.2, 0.25) is 0 Å². The molecule has 8 heteroatoms. The second kappa shape index (κ2) is 7.73. The molecule has 140 valence electrons. The Hall–Kier alpha value is -2.97. The van der Waals surface area contributed by atoms with Crippen molar-refractivity contribution < 1.29 is 9.90 Å². The summed E-state index contributed by atoms with van der Waals surface area (Å²) in [5.74, 6) is 0.262. The van der Waals surface area contributed by atoms with E-state index < -0.39 is 0 Å². The maximum Gasteiger partial charge on any atom is 0.321 e. The zero-order valence-corrected chi connectivity index (χ0v) is 14.9. The van der Waals surface area contributed by atoms with E-state index in [9.17, 15) is 9.90 Å². The highest BCUT2D eigenvalue weighted by atomic mass is 16.3. The number of aromatic nitrogens is 3. The lowest BCUT2D eigenvalue weighted by atomic mass is 10.1. The topological polar surface area (TPSA) is 94.8 Å². The highest BCUT2D eigenvalue weighted by Gasteiger charge is 2.20. The number of pyridine rings is 1. The number of hydrogen-bond acceptors (Lipinski definition) is 5. The lowest BCUT2D eigenvalue weighted by molar-refractivity contribution is 0.174. The van der Waals surface area contributed by atoms with E-state index in [1.165, 1.54) is 0 Å². The Kier molecular flexibility index (Phi) is 4.99. The molecule has 1 aromatic carbocycles. The molecule has 27 heavy (non-hydrogen) atoms. The van der Waals surface area contributed by atoms with Crippen LogP contribution in [0.2, 0.25) is 0 Å². The number of benzene rings is 1. The van der Waals surface area contributed by atoms with Gasteiger partial charge in [0.1, 0.15) is 0 Å². The number of amides is 2. The van der Waals surface area contributed by atoms with Gasteiger partial charge in [-0.1, -0.05) is 30.3 Å². The summed E-state index contributed by atoms with van der Waals surface area (Å²) in [7, 11) is 0. The third-order valence-corrected chi connectivity index (χ3v) is 4.67. The zero-order chi connectivity index (χ0) is 18.6. The van der Waals surface area contributed by atoms with E-state index in [1.54, 1.807) is 10.7 Å². The van der Waals surface area contributed by atoms with Gasteiger partial charge in [-0.05, 0) is 29.7 Å². The summed E-state index contributed by atoms with van der Waals surface area (Å²) in [5, 5.41) is 19.4. The number of hydrogen-bond donors (Lipinski definition) is 3. The highest BCUT2D eigenvalue weighted by Crippen LogP contribution is 2.16. The van der Waals surface area contributed by atoms with Crippen molar-refractivity contribution in [2.75, 3.05) is 18.4 Å². The molecule has 1 atom stereocenters. The van der Waals surface area contributed by atoms with E-state index in [2.05, 4.69) is 31.7 Å². The quantitative estimate of drug-likeness (QED) is 0.638. The van der Waals surface area contributed by atoms with Crippen LogP contribution in [0.15, 0.2) is 48.7 Å². The number of likely N-dealkylation sites (tertiary alicyclic amines) is 1. The van der Waals surface area contributed by atoms with E-state index in [1.807, 2.05) is 36.4 Å². The molecule has 8 nitrogen and oxygen atoms in total. The number of nitrogens with zero attached hydrogens (tertiary/aromatic N) is 4. The van der Waals surface area contributed by atoms with E-state index in [0.717, 1.165) is 30.6 Å². The monoisotopic (exact) mass is 366 g/mol. The molecule has 1 saturated heterocycles. The largest absolute Gasteiger partial charge is 0.392 e. The number of carbonyl (C=O) groups is 1. The summed E-state index contributed by atoms with van der Waals surface area (Å²) >= 11 is 0. The van der Waals surface area contributed by atoms with Crippen molar-refractivity contribution in [3.8, 4) is 0 Å². The van der Waals surface area contributed by atoms with E-state index in [0.29, 0.717) is 18.7 Å². The molecule has 0 saturated carbocycles. The second-order valence-electron chi connectivity index (χ2n) is 6.69. The molecule has 4 rings (SSSR count). The van der Waals surface area contributed by atoms with Gasteiger partial charge in [0.15, 0.2) is 5.65 Å². The molecular formula is C19H22N6O2. The molecule has 0 spiro atoms. The Morgan fingerprint density at radius 1 is 1.19 bits per heavy atom. The summed E-state index contributed by atoms with van der Waals surface area (Å²) in [6, 6.07) is 13.2. The average molecular weight is 366 g/mol. The van der Waals surface area contributed by atoms with Gasteiger partial charge in [-0.15, -0.1) is 5.10 Å². The van der Waals surface area contributed by atoms with Gasteiger partial charge in [-0.2, -0.15) is 4.98 Å². The van der Waals surface area contributed by atoms with Gasteiger partial charge in [0, 0.05) is 32.4 Å². The van der Waals surface area contributed by atoms with Crippen molar-refractivity contribution in [3.05, 3.63) is 59.8 Å². The minimum Gasteiger partial charge on any atom is -0.392 e. The fourth-order valence-corrected chi connectivity index (χ4v) is 3.29. The number of anilines is 1. The Labute approximate surface area is 156 Å². The van der Waals surface area contributed by atoms with Gasteiger partial charge in [0.25, 0.3) is 5.95 Å². The summed E-state index contributed by atoms with van der Waals surface area (Å²) in [6.45, 7) is 2.76. The van der Waals surface area contributed by atoms with Crippen molar-refractivity contribution in [2.24, 2.45) is 0 Å². The van der Waals surface area contributed by atoms with Crippen LogP contribution >= 0.6 is 0 Å². The second-order valence-corrected chi connectivity index (χ2v) is 6.69. The fraction of sp³-hybridized carbons (Fsp3) is 0.316. The summed E-state index contributed by atoms with van der Waals surface area (Å²) in [6.07, 6.45) is 2.35. The Balaban J connectivity index is 1.36. The lowest BCUT2D eigenvalue weighted by Crippen LogP contribution is -2.29. The average Bonchev–Trinajstić information content (AvgIpc) is 3.26. The first kappa shape index (κ1) is 17.4. The number of urea groups is 1. The molecular weight excluding hydrogens is 344 g/mol. The molecule has 1 aliphatic rings. The minimum atomic E-state index is -0.350. The van der Waals surface area contributed by atoms with Crippen LogP contribution in [0.4, 0.5) is 10.7 Å². The van der Waals surface area contributed by atoms with Crippen molar-refractivity contribution >= 4 is 17.6 Å². The van der Waals surface area contributed by atoms with E-state index in [4.69, 9.17) is 0 Å². The highest BCUT2D eigenvalue weighted by molar-refractivity contribution is 5.87. The van der Waals surface area contributed by atoms with Gasteiger partial charge in [0.05, 0.1) is 6.10 Å². The van der Waals surface area contributed by atoms with Crippen molar-refractivity contribution in [1.82, 2.24) is 24.8 Å². The molecule has 3 aromatic rings. The Bertz CT molecular complexity index is 908. The molecule has 3 N–H and O–H groups in total. The summed E-state index contributed by atoms with van der Waals surface area (Å²) in [5.41, 5.74) is 2.88. The Morgan fingerprint density at radius 3 is 2.78 bits per heavy atom. The van der Waals surface area contributed by atoms with Gasteiger partial charge in [-0.3, -0.25) is 10.2 Å². The smallest absolute Gasteiger partial charge is 0.321 e. The van der Waals surface area contributed by atoms with Crippen molar-refractivity contribution in [3.63, 3.8) is 0 Å². The SMILES string of the molecule is O=C(NCc1ccccc1CN1CCC(O)C1)Nc1nc2ccccn2n1. The number of fused-ring (bicyclic) bond motifs is 1. The maximum atomic E-state index is 12.2. The lowest BCUT2D eigenvalue weighted by Gasteiger charge is -2.18. The van der Waals surface area contributed by atoms with E-state index >= 15 is 0 Å². The van der Waals surface area contributed by atoms with Gasteiger partial charge < -0.3 is 10.4 Å². The number of carbonyl (C=O) groups excluding carboxylic acids is 1. The molecule has 1 aliphatic heterocycles. The molecule has 0 radical (unpaired) electrons. The van der Waals surface area contributed by atoms with E-state index in [-0.39, 0.29) is 18.1 Å². The number of aliphatic hydroxyl groups excluding tert-OH is 1. The maximum absolute atomic E-state index is 12.2. The predicted octanol–water partition coefficient (Wildman–Crippen LogP) is 1.62. The van der Waals surface area contributed by atoms with Crippen molar-refractivity contribution in [1.29, 1.82) is 0 Å². The van der Waals surface area contributed by atoms with Crippen LogP contribution < -0.4 is 10.6 Å². The third kappa shape index (κ3) is 4.24. The van der Waals surface area contributed by atoms with Crippen molar-refractivity contribution in [2.45, 2.75) is 25.6 Å². The third-order valence-electron chi connectivity index (χ3n) is 4.67. The number of aliphatic hydroxyl groups is 1. The molecule has 2 amide bonds. The van der Waals surface area contributed by atoms with Crippen LogP contribution in [-0.4, -0.2) is 49.8 Å². The van der Waals surface area contributed by atoms with Crippen LogP contribution in [-0.2, 0) is 13.1 Å². The number of β-amino-alcohol motifs (C(OH)–C–C–N with tert-alkyl or cyclic N) is 1. The molecule has 3 heterocycles. The first-order valence-corrected chi connectivity index (χ1v) is 9.01. The number of nitrogens with one attached hydrogen (secondary N) is 2. The molecule has 0 bridgehead atoms. The first-order chi connectivity index (χ1) is 13.2. The first-order valence-electron chi connectivity index (χ1n) is 9.01. The predicted molar refractivity (Wildman–Crippen MR) is 101 cm³/mol. The van der Waals surface area contributed by atoms with Gasteiger partial charge >= 0.3 is 6.03 Å². The fourth-order valence-electron chi connectivity index (χ4n) is 3.29. The summed E-state index contributed by atoms with van der Waals surface area (Å²) in [4.78, 5) is 18.7. The zero-order valence-electron chi connectivity index (χ0n) is 14.9. The van der Waals surface area contributed by atoms with Crippen LogP contribution in [0.5, 0.6) is 0 Å². The van der Waals surface area contributed by atoms with Gasteiger partial charge in [-0.25, -0.2) is 9.31 Å². The molecule has 1 unspecified atom stereocenters. The minimum absolute atomic E-state index is 0.237. The molecule has 0 aliphatic carbocycles.